The molecule has 4 nitrogen and oxygen atoms in total. The number of benzene rings is 2. The summed E-state index contributed by atoms with van der Waals surface area (Å²) in [6.45, 7) is 0.191. The average Bonchev–Trinajstić information content (AvgIpc) is 2.47. The molecule has 2 aromatic rings. The van der Waals surface area contributed by atoms with Gasteiger partial charge in [0.25, 0.3) is 0 Å². The quantitative estimate of drug-likeness (QED) is 0.833. The normalized spacial score (nSPS) is 11.9. The minimum absolute atomic E-state index is 0.132. The van der Waals surface area contributed by atoms with E-state index in [1.54, 1.807) is 19.2 Å². The Morgan fingerprint density at radius 2 is 1.90 bits per heavy atom. The molecule has 0 fully saturated rings. The van der Waals surface area contributed by atoms with E-state index < -0.39 is 16.6 Å². The highest BCUT2D eigenvalue weighted by Gasteiger charge is 2.11. The van der Waals surface area contributed by atoms with Crippen LogP contribution in [0.1, 0.15) is 0 Å². The van der Waals surface area contributed by atoms with E-state index in [-0.39, 0.29) is 17.3 Å². The topological polar surface area (TPSA) is 61.5 Å². The molecule has 0 heterocycles. The highest BCUT2D eigenvalue weighted by molar-refractivity contribution is 7.85. The second-order valence-corrected chi connectivity index (χ2v) is 5.78. The molecule has 1 atom stereocenters. The van der Waals surface area contributed by atoms with Crippen molar-refractivity contribution >= 4 is 16.5 Å². The fraction of sp³-hybridized carbons (Fsp3) is 0.200. The lowest BCUT2D eigenvalue weighted by Crippen LogP contribution is -2.10. The van der Waals surface area contributed by atoms with E-state index in [2.05, 4.69) is 0 Å². The summed E-state index contributed by atoms with van der Waals surface area (Å²) in [4.78, 5) is 0.132. The molecule has 0 saturated heterocycles. The van der Waals surface area contributed by atoms with E-state index in [9.17, 15) is 8.60 Å². The lowest BCUT2D eigenvalue weighted by Gasteiger charge is -2.10. The van der Waals surface area contributed by atoms with Crippen molar-refractivity contribution in [1.82, 2.24) is 0 Å². The van der Waals surface area contributed by atoms with E-state index in [0.717, 1.165) is 6.07 Å². The maximum Gasteiger partial charge on any atom is 0.161 e. The number of nitrogens with two attached hydrogens (primary N) is 1. The first kappa shape index (κ1) is 15.3. The van der Waals surface area contributed by atoms with Gasteiger partial charge >= 0.3 is 0 Å². The van der Waals surface area contributed by atoms with Crippen LogP contribution in [0.4, 0.5) is 10.1 Å². The summed E-state index contributed by atoms with van der Waals surface area (Å²) >= 11 is 0. The maximum atomic E-state index is 13.6. The Balaban J connectivity index is 1.95. The molecule has 0 amide bonds. The molecule has 0 aliphatic carbocycles. The van der Waals surface area contributed by atoms with Crippen LogP contribution in [0.15, 0.2) is 47.4 Å². The zero-order valence-electron chi connectivity index (χ0n) is 11.5. The van der Waals surface area contributed by atoms with Crippen molar-refractivity contribution in [1.29, 1.82) is 0 Å². The monoisotopic (exact) mass is 309 g/mol. The van der Waals surface area contributed by atoms with Gasteiger partial charge in [0.05, 0.1) is 28.6 Å². The van der Waals surface area contributed by atoms with Gasteiger partial charge in [-0.1, -0.05) is 12.1 Å². The van der Waals surface area contributed by atoms with Crippen LogP contribution in [0.3, 0.4) is 0 Å². The van der Waals surface area contributed by atoms with Gasteiger partial charge in [-0.25, -0.2) is 4.39 Å². The van der Waals surface area contributed by atoms with Gasteiger partial charge in [0, 0.05) is 5.69 Å². The second-order valence-electron chi connectivity index (χ2n) is 4.24. The van der Waals surface area contributed by atoms with Crippen LogP contribution < -0.4 is 15.2 Å². The number of rotatable bonds is 6. The van der Waals surface area contributed by atoms with E-state index in [1.807, 2.05) is 12.1 Å². The Labute approximate surface area is 125 Å². The van der Waals surface area contributed by atoms with Gasteiger partial charge in [-0.15, -0.1) is 0 Å². The molecule has 0 aliphatic rings. The summed E-state index contributed by atoms with van der Waals surface area (Å²) in [6.07, 6.45) is 0. The van der Waals surface area contributed by atoms with Crippen LogP contribution in [0.25, 0.3) is 0 Å². The predicted molar refractivity (Wildman–Crippen MR) is 80.6 cm³/mol. The van der Waals surface area contributed by atoms with Crippen molar-refractivity contribution in [2.75, 3.05) is 25.2 Å². The largest absolute Gasteiger partial charge is 0.493 e. The molecule has 0 aliphatic heterocycles. The van der Waals surface area contributed by atoms with Gasteiger partial charge < -0.3 is 15.2 Å². The molecule has 0 bridgehead atoms. The number of ether oxygens (including phenoxy) is 2. The molecule has 1 unspecified atom stereocenters. The first-order valence-corrected chi connectivity index (χ1v) is 7.63. The second kappa shape index (κ2) is 7.08. The molecule has 6 heteroatoms. The summed E-state index contributed by atoms with van der Waals surface area (Å²) in [5.41, 5.74) is 5.76. The van der Waals surface area contributed by atoms with Crippen LogP contribution in [0.5, 0.6) is 11.5 Å². The Morgan fingerprint density at radius 1 is 1.19 bits per heavy atom. The van der Waals surface area contributed by atoms with Crippen molar-refractivity contribution in [2.24, 2.45) is 0 Å². The Morgan fingerprint density at radius 3 is 2.57 bits per heavy atom. The van der Waals surface area contributed by atoms with Crippen molar-refractivity contribution < 1.29 is 18.1 Å². The van der Waals surface area contributed by atoms with Crippen molar-refractivity contribution in [3.8, 4) is 11.5 Å². The molecule has 21 heavy (non-hydrogen) atoms. The number of halogens is 1. The van der Waals surface area contributed by atoms with Crippen LogP contribution in [-0.4, -0.2) is 23.7 Å². The first-order chi connectivity index (χ1) is 10.1. The molecule has 0 aromatic heterocycles. The summed E-state index contributed by atoms with van der Waals surface area (Å²) in [7, 11) is 0.0639. The molecule has 2 aromatic carbocycles. The Kier molecular flexibility index (Phi) is 5.16. The van der Waals surface area contributed by atoms with Crippen molar-refractivity contribution in [2.45, 2.75) is 4.90 Å². The summed E-state index contributed by atoms with van der Waals surface area (Å²) in [6, 6.07) is 11.3. The fourth-order valence-electron chi connectivity index (χ4n) is 1.78. The lowest BCUT2D eigenvalue weighted by atomic mass is 10.3. The van der Waals surface area contributed by atoms with Crippen LogP contribution in [0, 0.1) is 5.82 Å². The SMILES string of the molecule is COc1ccccc1OCCS(=O)c1ccc(N)cc1F. The first-order valence-electron chi connectivity index (χ1n) is 6.31. The third kappa shape index (κ3) is 3.95. The van der Waals surface area contributed by atoms with Crippen LogP contribution in [0.2, 0.25) is 0 Å². The van der Waals surface area contributed by atoms with Crippen LogP contribution >= 0.6 is 0 Å². The van der Waals surface area contributed by atoms with Gasteiger partial charge in [0.1, 0.15) is 12.4 Å². The number of methoxy groups -OCH3 is 1. The van der Waals surface area contributed by atoms with Crippen molar-refractivity contribution in [3.63, 3.8) is 0 Å². The van der Waals surface area contributed by atoms with E-state index in [0.29, 0.717) is 17.2 Å². The molecule has 0 spiro atoms. The van der Waals surface area contributed by atoms with Gasteiger partial charge in [-0.05, 0) is 30.3 Å². The van der Waals surface area contributed by atoms with Crippen LogP contribution in [-0.2, 0) is 10.8 Å². The minimum atomic E-state index is -1.48. The highest BCUT2D eigenvalue weighted by atomic mass is 32.2. The van der Waals surface area contributed by atoms with E-state index in [1.165, 1.54) is 12.1 Å². The van der Waals surface area contributed by atoms with E-state index in [4.69, 9.17) is 15.2 Å². The zero-order chi connectivity index (χ0) is 15.2. The highest BCUT2D eigenvalue weighted by Crippen LogP contribution is 2.25. The summed E-state index contributed by atoms with van der Waals surface area (Å²) < 4.78 is 36.3. The Bertz CT molecular complexity index is 649. The average molecular weight is 309 g/mol. The predicted octanol–water partition coefficient (Wildman–Crippen LogP) is 2.60. The Hall–Kier alpha value is -2.08. The van der Waals surface area contributed by atoms with Gasteiger partial charge in [0.2, 0.25) is 0 Å². The number of hydrogen-bond acceptors (Lipinski definition) is 4. The van der Waals surface area contributed by atoms with Gasteiger partial charge in [-0.3, -0.25) is 4.21 Å². The molecular weight excluding hydrogens is 293 g/mol. The third-order valence-corrected chi connectivity index (χ3v) is 4.16. The number of para-hydroxylation sites is 2. The lowest BCUT2D eigenvalue weighted by molar-refractivity contribution is 0.312. The van der Waals surface area contributed by atoms with Crippen molar-refractivity contribution in [3.05, 3.63) is 48.3 Å². The summed E-state index contributed by atoms with van der Waals surface area (Å²) in [5.74, 6) is 0.779. The molecule has 0 radical (unpaired) electrons. The smallest absolute Gasteiger partial charge is 0.161 e. The third-order valence-electron chi connectivity index (χ3n) is 2.80. The summed E-state index contributed by atoms with van der Waals surface area (Å²) in [5, 5.41) is 0. The molecule has 2 rings (SSSR count). The van der Waals surface area contributed by atoms with Gasteiger partial charge in [-0.2, -0.15) is 0 Å². The minimum Gasteiger partial charge on any atom is -0.493 e. The number of hydrogen-bond donors (Lipinski definition) is 1. The number of nitrogen functional groups attached to an aromatic ring is 1. The molecular formula is C15H16FNO3S. The molecule has 2 N–H and O–H groups in total. The number of anilines is 1. The van der Waals surface area contributed by atoms with E-state index >= 15 is 0 Å². The van der Waals surface area contributed by atoms with Gasteiger partial charge in [0.15, 0.2) is 11.5 Å². The zero-order valence-corrected chi connectivity index (χ0v) is 12.4. The fourth-order valence-corrected chi connectivity index (χ4v) is 2.73. The molecule has 0 saturated carbocycles. The standard InChI is InChI=1S/C15H16FNO3S/c1-19-13-4-2-3-5-14(13)20-8-9-21(18)15-7-6-11(17)10-12(15)16/h2-7,10H,8-9,17H2,1H3. The maximum absolute atomic E-state index is 13.6. The molecule has 112 valence electrons.